The SMILES string of the molecule is C=C1/C=C\C=C/Cc2ccccc2C12c1ccccc1-c1ccc(C(C)C)cc12.CC. The van der Waals surface area contributed by atoms with Gasteiger partial charge in [-0.3, -0.25) is 0 Å². The number of benzene rings is 3. The second kappa shape index (κ2) is 8.55. The van der Waals surface area contributed by atoms with Gasteiger partial charge in [0.15, 0.2) is 0 Å². The summed E-state index contributed by atoms with van der Waals surface area (Å²) < 4.78 is 0. The van der Waals surface area contributed by atoms with Crippen molar-refractivity contribution >= 4 is 0 Å². The summed E-state index contributed by atoms with van der Waals surface area (Å²) in [6, 6.07) is 24.8. The zero-order chi connectivity index (χ0) is 22.0. The highest BCUT2D eigenvalue weighted by Gasteiger charge is 2.47. The van der Waals surface area contributed by atoms with Crippen LogP contribution in [-0.4, -0.2) is 0 Å². The molecule has 0 radical (unpaired) electrons. The minimum Gasteiger partial charge on any atom is -0.0942 e. The molecule has 0 heteroatoms. The zero-order valence-corrected chi connectivity index (χ0v) is 19.2. The average molecular weight is 405 g/mol. The summed E-state index contributed by atoms with van der Waals surface area (Å²) in [6.07, 6.45) is 9.66. The van der Waals surface area contributed by atoms with Crippen LogP contribution in [-0.2, 0) is 11.8 Å². The molecule has 2 aliphatic carbocycles. The van der Waals surface area contributed by atoms with E-state index >= 15 is 0 Å². The van der Waals surface area contributed by atoms with Gasteiger partial charge in [-0.1, -0.05) is 125 Å². The Hall–Kier alpha value is -3.12. The van der Waals surface area contributed by atoms with E-state index in [4.69, 9.17) is 0 Å². The fourth-order valence-corrected chi connectivity index (χ4v) is 5.10. The van der Waals surface area contributed by atoms with E-state index in [1.165, 1.54) is 38.9 Å². The minimum absolute atomic E-state index is 0.351. The van der Waals surface area contributed by atoms with Gasteiger partial charge < -0.3 is 0 Å². The third-order valence-corrected chi connectivity index (χ3v) is 6.52. The van der Waals surface area contributed by atoms with Crippen molar-refractivity contribution in [3.8, 4) is 11.1 Å². The first-order valence-electron chi connectivity index (χ1n) is 11.5. The molecule has 0 bridgehead atoms. The number of hydrogen-bond donors (Lipinski definition) is 0. The highest BCUT2D eigenvalue weighted by molar-refractivity contribution is 5.87. The molecule has 0 fully saturated rings. The number of rotatable bonds is 1. The molecule has 0 N–H and O–H groups in total. The molecule has 1 unspecified atom stereocenters. The molecule has 2 aliphatic rings. The van der Waals surface area contributed by atoms with Crippen molar-refractivity contribution in [2.75, 3.05) is 0 Å². The topological polar surface area (TPSA) is 0 Å². The van der Waals surface area contributed by atoms with E-state index in [1.54, 1.807) is 0 Å². The molecule has 0 nitrogen and oxygen atoms in total. The first-order chi connectivity index (χ1) is 15.1. The Bertz CT molecular complexity index is 1170. The van der Waals surface area contributed by atoms with E-state index in [9.17, 15) is 0 Å². The third kappa shape index (κ3) is 3.22. The lowest BCUT2D eigenvalue weighted by molar-refractivity contribution is 0.754. The summed E-state index contributed by atoms with van der Waals surface area (Å²) in [7, 11) is 0. The predicted molar refractivity (Wildman–Crippen MR) is 135 cm³/mol. The summed E-state index contributed by atoms with van der Waals surface area (Å²) in [4.78, 5) is 0. The molecule has 0 aliphatic heterocycles. The molecule has 3 aromatic carbocycles. The van der Waals surface area contributed by atoms with Crippen LogP contribution < -0.4 is 0 Å². The van der Waals surface area contributed by atoms with Gasteiger partial charge >= 0.3 is 0 Å². The lowest BCUT2D eigenvalue weighted by atomic mass is 9.66. The second-order valence-corrected chi connectivity index (χ2v) is 8.43. The maximum atomic E-state index is 4.64. The Kier molecular flexibility index (Phi) is 5.83. The van der Waals surface area contributed by atoms with Gasteiger partial charge in [-0.2, -0.15) is 0 Å². The molecule has 0 heterocycles. The van der Waals surface area contributed by atoms with Crippen LogP contribution in [0.5, 0.6) is 0 Å². The lowest BCUT2D eigenvalue weighted by Gasteiger charge is -2.36. The molecular weight excluding hydrogens is 372 g/mol. The number of allylic oxidation sites excluding steroid dienone is 5. The average Bonchev–Trinajstić information content (AvgIpc) is 3.13. The van der Waals surface area contributed by atoms with Crippen molar-refractivity contribution in [3.05, 3.63) is 131 Å². The van der Waals surface area contributed by atoms with Crippen LogP contribution in [0.25, 0.3) is 11.1 Å². The molecule has 31 heavy (non-hydrogen) atoms. The molecule has 3 aromatic rings. The second-order valence-electron chi connectivity index (χ2n) is 8.43. The summed E-state index contributed by atoms with van der Waals surface area (Å²) in [5.74, 6) is 0.484. The summed E-state index contributed by atoms with van der Waals surface area (Å²) in [5, 5.41) is 0. The van der Waals surface area contributed by atoms with Crippen LogP contribution in [0.1, 0.15) is 61.4 Å². The third-order valence-electron chi connectivity index (χ3n) is 6.52. The minimum atomic E-state index is -0.351. The molecule has 0 saturated heterocycles. The normalized spacial score (nSPS) is 20.5. The Morgan fingerprint density at radius 3 is 2.23 bits per heavy atom. The van der Waals surface area contributed by atoms with Gasteiger partial charge in [0, 0.05) is 0 Å². The predicted octanol–water partition coefficient (Wildman–Crippen LogP) is 8.38. The van der Waals surface area contributed by atoms with Gasteiger partial charge in [0.2, 0.25) is 0 Å². The van der Waals surface area contributed by atoms with Gasteiger partial charge in [0.25, 0.3) is 0 Å². The first-order valence-corrected chi connectivity index (χ1v) is 11.5. The number of fused-ring (bicyclic) bond motifs is 7. The fourth-order valence-electron chi connectivity index (χ4n) is 5.10. The van der Waals surface area contributed by atoms with Crippen molar-refractivity contribution in [2.45, 2.75) is 45.4 Å². The maximum absolute atomic E-state index is 4.64. The molecule has 0 aromatic heterocycles. The largest absolute Gasteiger partial charge is 0.0942 e. The quantitative estimate of drug-likeness (QED) is 0.382. The van der Waals surface area contributed by atoms with Crippen molar-refractivity contribution < 1.29 is 0 Å². The van der Waals surface area contributed by atoms with E-state index in [0.29, 0.717) is 5.92 Å². The van der Waals surface area contributed by atoms with Crippen molar-refractivity contribution in [1.29, 1.82) is 0 Å². The zero-order valence-electron chi connectivity index (χ0n) is 19.2. The van der Waals surface area contributed by atoms with Crippen LogP contribution in [0, 0.1) is 0 Å². The highest BCUT2D eigenvalue weighted by atomic mass is 14.5. The van der Waals surface area contributed by atoms with Crippen LogP contribution in [0.4, 0.5) is 0 Å². The lowest BCUT2D eigenvalue weighted by Crippen LogP contribution is -2.30. The van der Waals surface area contributed by atoms with Crippen molar-refractivity contribution in [3.63, 3.8) is 0 Å². The Labute approximate surface area is 187 Å². The first kappa shape index (κ1) is 21.1. The van der Waals surface area contributed by atoms with E-state index in [2.05, 4.69) is 111 Å². The van der Waals surface area contributed by atoms with E-state index in [-0.39, 0.29) is 5.41 Å². The Morgan fingerprint density at radius 2 is 1.45 bits per heavy atom. The van der Waals surface area contributed by atoms with Crippen LogP contribution >= 0.6 is 0 Å². The smallest absolute Gasteiger partial charge is 0.0710 e. The molecule has 1 atom stereocenters. The maximum Gasteiger partial charge on any atom is 0.0710 e. The molecule has 156 valence electrons. The van der Waals surface area contributed by atoms with Crippen LogP contribution in [0.15, 0.2) is 103 Å². The van der Waals surface area contributed by atoms with Gasteiger partial charge in [-0.25, -0.2) is 0 Å². The fraction of sp³-hybridized carbons (Fsp3) is 0.226. The Balaban J connectivity index is 0.00000112. The summed E-state index contributed by atoms with van der Waals surface area (Å²) in [6.45, 7) is 13.2. The molecule has 0 amide bonds. The molecule has 5 rings (SSSR count). The molecule has 0 saturated carbocycles. The van der Waals surface area contributed by atoms with E-state index < -0.39 is 0 Å². The summed E-state index contributed by atoms with van der Waals surface area (Å²) in [5.41, 5.74) is 10.3. The van der Waals surface area contributed by atoms with Crippen molar-refractivity contribution in [1.82, 2.24) is 0 Å². The van der Waals surface area contributed by atoms with Gasteiger partial charge in [0.1, 0.15) is 0 Å². The van der Waals surface area contributed by atoms with Gasteiger partial charge in [-0.05, 0) is 56.9 Å². The molecule has 1 spiro atoms. The van der Waals surface area contributed by atoms with E-state index in [1.807, 2.05) is 13.8 Å². The monoisotopic (exact) mass is 404 g/mol. The van der Waals surface area contributed by atoms with Crippen LogP contribution in [0.2, 0.25) is 0 Å². The number of hydrogen-bond acceptors (Lipinski definition) is 0. The Morgan fingerprint density at radius 1 is 0.774 bits per heavy atom. The van der Waals surface area contributed by atoms with Crippen LogP contribution in [0.3, 0.4) is 0 Å². The van der Waals surface area contributed by atoms with E-state index in [0.717, 1.165) is 12.0 Å². The molecular formula is C31H32. The highest BCUT2D eigenvalue weighted by Crippen LogP contribution is 2.57. The van der Waals surface area contributed by atoms with Gasteiger partial charge in [-0.15, -0.1) is 0 Å². The van der Waals surface area contributed by atoms with Crippen molar-refractivity contribution in [2.24, 2.45) is 0 Å². The van der Waals surface area contributed by atoms with Gasteiger partial charge in [0.05, 0.1) is 5.41 Å². The summed E-state index contributed by atoms with van der Waals surface area (Å²) >= 11 is 0. The standard InChI is InChI=1S/C29H26.C2H6/c1-20(2)23-17-18-25-24-14-8-10-16-27(24)29(28(25)19-23)21(3)11-5-4-6-12-22-13-7-9-15-26(22)29;1-2/h4-11,13-20H,3,12H2,1-2H3;1-2H3/b6-4-,11-5-;.